The summed E-state index contributed by atoms with van der Waals surface area (Å²) in [5.41, 5.74) is 1.26. The predicted molar refractivity (Wildman–Crippen MR) is 107 cm³/mol. The molecule has 0 aromatic heterocycles. The minimum atomic E-state index is -0.631. The quantitative estimate of drug-likeness (QED) is 0.667. The second-order valence-electron chi connectivity index (χ2n) is 7.92. The first-order valence-electron chi connectivity index (χ1n) is 10.1. The van der Waals surface area contributed by atoms with Gasteiger partial charge in [-0.15, -0.1) is 0 Å². The van der Waals surface area contributed by atoms with Gasteiger partial charge >= 0.3 is 6.03 Å². The van der Waals surface area contributed by atoms with Gasteiger partial charge in [-0.3, -0.25) is 9.59 Å². The van der Waals surface area contributed by atoms with Gasteiger partial charge in [0.05, 0.1) is 6.04 Å². The standard InChI is InChI=1S/C21H30N4O3/c1-4-13(2)22-20(27)14(3)23-21(28)24-16-10-19(26)25(12-16)18-11-17(18)15-8-6-5-7-9-15/h5-9,13-14,16-18H,4,10-12H2,1-3H3,(H,22,27)(H2,23,24,28). The van der Waals surface area contributed by atoms with Crippen LogP contribution in [0.2, 0.25) is 0 Å². The molecule has 0 radical (unpaired) electrons. The zero-order chi connectivity index (χ0) is 20.3. The van der Waals surface area contributed by atoms with Gasteiger partial charge in [0, 0.05) is 31.0 Å². The van der Waals surface area contributed by atoms with Crippen molar-refractivity contribution < 1.29 is 14.4 Å². The summed E-state index contributed by atoms with van der Waals surface area (Å²) in [6.45, 7) is 6.08. The molecule has 7 nitrogen and oxygen atoms in total. The van der Waals surface area contributed by atoms with Gasteiger partial charge in [-0.1, -0.05) is 37.3 Å². The summed E-state index contributed by atoms with van der Waals surface area (Å²) in [4.78, 5) is 38.6. The molecule has 152 valence electrons. The van der Waals surface area contributed by atoms with Gasteiger partial charge in [-0.05, 0) is 32.3 Å². The van der Waals surface area contributed by atoms with Crippen LogP contribution in [0, 0.1) is 0 Å². The number of carbonyl (C=O) groups excluding carboxylic acids is 3. The van der Waals surface area contributed by atoms with E-state index in [1.807, 2.05) is 36.9 Å². The van der Waals surface area contributed by atoms with Crippen molar-refractivity contribution in [3.63, 3.8) is 0 Å². The maximum atomic E-state index is 12.4. The van der Waals surface area contributed by atoms with Crippen LogP contribution >= 0.6 is 0 Å². The minimum absolute atomic E-state index is 0.0666. The molecule has 1 aromatic carbocycles. The fraction of sp³-hybridized carbons (Fsp3) is 0.571. The van der Waals surface area contributed by atoms with Crippen LogP contribution in [0.25, 0.3) is 0 Å². The van der Waals surface area contributed by atoms with E-state index in [-0.39, 0.29) is 29.9 Å². The normalized spacial score (nSPS) is 25.8. The number of benzene rings is 1. The highest BCUT2D eigenvalue weighted by molar-refractivity contribution is 5.87. The number of carbonyl (C=O) groups is 3. The van der Waals surface area contributed by atoms with Crippen LogP contribution in [0.15, 0.2) is 30.3 Å². The van der Waals surface area contributed by atoms with Gasteiger partial charge in [-0.2, -0.15) is 0 Å². The van der Waals surface area contributed by atoms with E-state index in [1.54, 1.807) is 6.92 Å². The lowest BCUT2D eigenvalue weighted by Gasteiger charge is -2.20. The Morgan fingerprint density at radius 1 is 1.18 bits per heavy atom. The molecule has 1 saturated heterocycles. The Labute approximate surface area is 166 Å². The Kier molecular flexibility index (Phi) is 6.21. The maximum Gasteiger partial charge on any atom is 0.315 e. The van der Waals surface area contributed by atoms with E-state index in [2.05, 4.69) is 28.1 Å². The molecule has 28 heavy (non-hydrogen) atoms. The molecule has 1 aliphatic heterocycles. The second kappa shape index (κ2) is 8.63. The number of nitrogens with one attached hydrogen (secondary N) is 3. The molecule has 1 aromatic rings. The van der Waals surface area contributed by atoms with Gasteiger partial charge in [-0.25, -0.2) is 4.79 Å². The van der Waals surface area contributed by atoms with E-state index in [0.29, 0.717) is 18.9 Å². The number of nitrogens with zero attached hydrogens (tertiary/aromatic N) is 1. The van der Waals surface area contributed by atoms with Crippen LogP contribution < -0.4 is 16.0 Å². The average molecular weight is 386 g/mol. The lowest BCUT2D eigenvalue weighted by molar-refractivity contribution is -0.128. The summed E-state index contributed by atoms with van der Waals surface area (Å²) in [7, 11) is 0. The summed E-state index contributed by atoms with van der Waals surface area (Å²) in [6, 6.07) is 9.24. The van der Waals surface area contributed by atoms with Crippen LogP contribution in [-0.2, 0) is 9.59 Å². The lowest BCUT2D eigenvalue weighted by atomic mass is 10.1. The molecule has 5 atom stereocenters. The smallest absolute Gasteiger partial charge is 0.315 e. The van der Waals surface area contributed by atoms with Crippen molar-refractivity contribution in [3.05, 3.63) is 35.9 Å². The molecule has 2 fully saturated rings. The summed E-state index contributed by atoms with van der Waals surface area (Å²) in [5, 5.41) is 8.33. The van der Waals surface area contributed by atoms with Crippen LogP contribution in [0.1, 0.15) is 51.5 Å². The third-order valence-electron chi connectivity index (χ3n) is 5.62. The molecule has 3 rings (SSSR count). The first-order chi connectivity index (χ1) is 13.4. The lowest BCUT2D eigenvalue weighted by Crippen LogP contribution is -2.52. The molecule has 0 bridgehead atoms. The van der Waals surface area contributed by atoms with Gasteiger partial charge in [0.1, 0.15) is 6.04 Å². The molecule has 5 unspecified atom stereocenters. The first-order valence-corrected chi connectivity index (χ1v) is 10.1. The molecule has 1 heterocycles. The largest absolute Gasteiger partial charge is 0.352 e. The fourth-order valence-electron chi connectivity index (χ4n) is 3.69. The van der Waals surface area contributed by atoms with Crippen LogP contribution in [0.3, 0.4) is 0 Å². The van der Waals surface area contributed by atoms with Gasteiger partial charge < -0.3 is 20.9 Å². The van der Waals surface area contributed by atoms with Crippen molar-refractivity contribution >= 4 is 17.8 Å². The Morgan fingerprint density at radius 3 is 2.57 bits per heavy atom. The summed E-state index contributed by atoms with van der Waals surface area (Å²) < 4.78 is 0. The number of hydrogen-bond donors (Lipinski definition) is 3. The van der Waals surface area contributed by atoms with E-state index < -0.39 is 12.1 Å². The summed E-state index contributed by atoms with van der Waals surface area (Å²) in [6.07, 6.45) is 2.11. The first kappa shape index (κ1) is 20.2. The average Bonchev–Trinajstić information content (AvgIpc) is 3.38. The SMILES string of the molecule is CCC(C)NC(=O)C(C)NC(=O)NC1CC(=O)N(C2CC2c2ccccc2)C1. The van der Waals surface area contributed by atoms with Crippen molar-refractivity contribution in [2.24, 2.45) is 0 Å². The molecule has 0 spiro atoms. The molecular weight excluding hydrogens is 356 g/mol. The molecule has 3 N–H and O–H groups in total. The third kappa shape index (κ3) is 4.82. The third-order valence-corrected chi connectivity index (χ3v) is 5.62. The summed E-state index contributed by atoms with van der Waals surface area (Å²) >= 11 is 0. The zero-order valence-corrected chi connectivity index (χ0v) is 16.8. The van der Waals surface area contributed by atoms with Crippen LogP contribution in [0.4, 0.5) is 4.79 Å². The second-order valence-corrected chi connectivity index (χ2v) is 7.92. The fourth-order valence-corrected chi connectivity index (χ4v) is 3.69. The molecule has 2 aliphatic rings. The van der Waals surface area contributed by atoms with Gasteiger partial charge in [0.2, 0.25) is 11.8 Å². The highest BCUT2D eigenvalue weighted by Crippen LogP contribution is 2.45. The monoisotopic (exact) mass is 386 g/mol. The maximum absolute atomic E-state index is 12.4. The highest BCUT2D eigenvalue weighted by atomic mass is 16.2. The Balaban J connectivity index is 1.45. The molecule has 1 aliphatic carbocycles. The Bertz CT molecular complexity index is 724. The van der Waals surface area contributed by atoms with Crippen molar-refractivity contribution in [1.82, 2.24) is 20.9 Å². The van der Waals surface area contributed by atoms with E-state index in [4.69, 9.17) is 0 Å². The molecule has 4 amide bonds. The number of rotatable bonds is 7. The van der Waals surface area contributed by atoms with Crippen LogP contribution in [0.5, 0.6) is 0 Å². The number of likely N-dealkylation sites (tertiary alicyclic amines) is 1. The Morgan fingerprint density at radius 2 is 1.89 bits per heavy atom. The molecule has 7 heteroatoms. The van der Waals surface area contributed by atoms with E-state index in [1.165, 1.54) is 5.56 Å². The van der Waals surface area contributed by atoms with E-state index in [9.17, 15) is 14.4 Å². The molecular formula is C21H30N4O3. The summed E-state index contributed by atoms with van der Waals surface area (Å²) in [5.74, 6) is 0.260. The predicted octanol–water partition coefficient (Wildman–Crippen LogP) is 1.75. The van der Waals surface area contributed by atoms with E-state index in [0.717, 1.165) is 12.8 Å². The van der Waals surface area contributed by atoms with Gasteiger partial charge in [0.15, 0.2) is 0 Å². The molecule has 1 saturated carbocycles. The topological polar surface area (TPSA) is 90.5 Å². The number of urea groups is 1. The van der Waals surface area contributed by atoms with Gasteiger partial charge in [0.25, 0.3) is 0 Å². The van der Waals surface area contributed by atoms with Crippen molar-refractivity contribution in [3.8, 4) is 0 Å². The van der Waals surface area contributed by atoms with E-state index >= 15 is 0 Å². The number of amides is 4. The zero-order valence-electron chi connectivity index (χ0n) is 16.8. The number of hydrogen-bond acceptors (Lipinski definition) is 3. The Hall–Kier alpha value is -2.57. The van der Waals surface area contributed by atoms with Crippen molar-refractivity contribution in [2.75, 3.05) is 6.54 Å². The highest BCUT2D eigenvalue weighted by Gasteiger charge is 2.48. The van der Waals surface area contributed by atoms with Crippen LogP contribution in [-0.4, -0.2) is 53.5 Å². The minimum Gasteiger partial charge on any atom is -0.352 e. The van der Waals surface area contributed by atoms with Crippen molar-refractivity contribution in [1.29, 1.82) is 0 Å². The van der Waals surface area contributed by atoms with Crippen molar-refractivity contribution in [2.45, 2.75) is 70.1 Å².